The molecule has 0 saturated carbocycles. The van der Waals surface area contributed by atoms with Crippen LogP contribution in [0.5, 0.6) is 17.2 Å². The van der Waals surface area contributed by atoms with E-state index >= 15 is 0 Å². The van der Waals surface area contributed by atoms with Crippen molar-refractivity contribution < 1.29 is 14.2 Å². The van der Waals surface area contributed by atoms with Crippen molar-refractivity contribution in [3.05, 3.63) is 35.5 Å². The molecule has 0 aliphatic heterocycles. The molecule has 4 heteroatoms. The molecule has 0 aliphatic rings. The molecule has 20 heavy (non-hydrogen) atoms. The first-order chi connectivity index (χ1) is 9.33. The van der Waals surface area contributed by atoms with Gasteiger partial charge < -0.3 is 14.2 Å². The number of ether oxygens (including phenoxy) is 3. The largest absolute Gasteiger partial charge is 0.493 e. The first kappa shape index (κ1) is 16.4. The first-order valence-electron chi connectivity index (χ1n) is 6.51. The predicted molar refractivity (Wildman–Crippen MR) is 87.6 cm³/mol. The maximum atomic E-state index is 5.34. The minimum Gasteiger partial charge on any atom is -0.493 e. The van der Waals surface area contributed by atoms with Crippen molar-refractivity contribution in [1.82, 2.24) is 0 Å². The fraction of sp³-hybridized carbons (Fsp3) is 0.375. The van der Waals surface area contributed by atoms with Crippen LogP contribution in [0.2, 0.25) is 19.6 Å². The Morgan fingerprint density at radius 1 is 1.00 bits per heavy atom. The second-order valence-electron chi connectivity index (χ2n) is 5.57. The van der Waals surface area contributed by atoms with Gasteiger partial charge in [0.2, 0.25) is 5.75 Å². The van der Waals surface area contributed by atoms with Crippen LogP contribution in [-0.2, 0) is 0 Å². The molecule has 0 amide bonds. The second kappa shape index (κ2) is 6.66. The lowest BCUT2D eigenvalue weighted by Crippen LogP contribution is -2.21. The smallest absolute Gasteiger partial charge is 0.203 e. The highest BCUT2D eigenvalue weighted by Crippen LogP contribution is 2.38. The third-order valence-electron chi connectivity index (χ3n) is 3.13. The zero-order valence-corrected chi connectivity index (χ0v) is 14.2. The molecule has 0 fully saturated rings. The monoisotopic (exact) mass is 292 g/mol. The molecule has 0 spiro atoms. The molecule has 110 valence electrons. The van der Waals surface area contributed by atoms with Crippen LogP contribution in [0, 0.1) is 0 Å². The van der Waals surface area contributed by atoms with E-state index in [1.165, 1.54) is 5.20 Å². The van der Waals surface area contributed by atoms with Gasteiger partial charge in [-0.1, -0.05) is 43.6 Å². The highest BCUT2D eigenvalue weighted by molar-refractivity contribution is 6.83. The topological polar surface area (TPSA) is 27.7 Å². The Morgan fingerprint density at radius 2 is 1.50 bits per heavy atom. The maximum absolute atomic E-state index is 5.34. The lowest BCUT2D eigenvalue weighted by Gasteiger charge is -2.16. The van der Waals surface area contributed by atoms with E-state index in [1.807, 2.05) is 18.2 Å². The van der Waals surface area contributed by atoms with Crippen LogP contribution < -0.4 is 14.2 Å². The summed E-state index contributed by atoms with van der Waals surface area (Å²) in [6.45, 7) is 11.0. The summed E-state index contributed by atoms with van der Waals surface area (Å²) in [7, 11) is 3.49. The Morgan fingerprint density at radius 3 is 1.85 bits per heavy atom. The van der Waals surface area contributed by atoms with Crippen LogP contribution in [0.4, 0.5) is 0 Å². The summed E-state index contributed by atoms with van der Waals surface area (Å²) >= 11 is 0. The Bertz CT molecular complexity index is 488. The summed E-state index contributed by atoms with van der Waals surface area (Å²) in [5.74, 6) is 1.92. The molecule has 0 aliphatic carbocycles. The molecule has 0 saturated heterocycles. The van der Waals surface area contributed by atoms with Crippen molar-refractivity contribution in [2.75, 3.05) is 21.3 Å². The van der Waals surface area contributed by atoms with Gasteiger partial charge in [-0.25, -0.2) is 0 Å². The molecule has 0 unspecified atom stereocenters. The Kier molecular flexibility index (Phi) is 5.45. The summed E-state index contributed by atoms with van der Waals surface area (Å²) in [6, 6.07) is 3.85. The average molecular weight is 292 g/mol. The van der Waals surface area contributed by atoms with Crippen molar-refractivity contribution in [3.63, 3.8) is 0 Å². The molecule has 3 nitrogen and oxygen atoms in total. The van der Waals surface area contributed by atoms with Gasteiger partial charge in [-0.3, -0.25) is 0 Å². The van der Waals surface area contributed by atoms with E-state index in [4.69, 9.17) is 14.2 Å². The highest BCUT2D eigenvalue weighted by Gasteiger charge is 2.15. The van der Waals surface area contributed by atoms with Crippen LogP contribution in [0.3, 0.4) is 0 Å². The number of methoxy groups -OCH3 is 3. The average Bonchev–Trinajstić information content (AvgIpc) is 2.42. The zero-order valence-electron chi connectivity index (χ0n) is 13.2. The maximum Gasteiger partial charge on any atom is 0.203 e. The first-order valence-corrected chi connectivity index (χ1v) is 10.0. The minimum atomic E-state index is -1.34. The molecule has 1 aromatic rings. The minimum absolute atomic E-state index is 0.608. The predicted octanol–water partition coefficient (Wildman–Crippen LogP) is 4.16. The Labute approximate surface area is 122 Å². The number of hydrogen-bond acceptors (Lipinski definition) is 3. The van der Waals surface area contributed by atoms with E-state index in [1.54, 1.807) is 21.3 Å². The summed E-state index contributed by atoms with van der Waals surface area (Å²) in [5.41, 5.74) is 0.999. The molecular formula is C16H24O3Si. The lowest BCUT2D eigenvalue weighted by atomic mass is 10.1. The van der Waals surface area contributed by atoms with Gasteiger partial charge in [0.15, 0.2) is 11.5 Å². The van der Waals surface area contributed by atoms with Gasteiger partial charge in [-0.2, -0.15) is 0 Å². The molecule has 1 rings (SSSR count). The fourth-order valence-corrected chi connectivity index (χ4v) is 2.23. The van der Waals surface area contributed by atoms with Gasteiger partial charge in [0, 0.05) is 0 Å². The molecule has 1 aromatic carbocycles. The van der Waals surface area contributed by atoms with E-state index in [-0.39, 0.29) is 0 Å². The van der Waals surface area contributed by atoms with Gasteiger partial charge in [0.05, 0.1) is 29.4 Å². The third kappa shape index (κ3) is 3.90. The van der Waals surface area contributed by atoms with Gasteiger partial charge in [0.25, 0.3) is 0 Å². The third-order valence-corrected chi connectivity index (χ3v) is 5.22. The van der Waals surface area contributed by atoms with Crippen molar-refractivity contribution >= 4 is 14.1 Å². The van der Waals surface area contributed by atoms with E-state index in [9.17, 15) is 0 Å². The molecule has 0 bridgehead atoms. The van der Waals surface area contributed by atoms with Gasteiger partial charge in [-0.15, -0.1) is 0 Å². The standard InChI is InChI=1S/C16H24O3Si/c1-12(20(5,6)7)8-9-13-10-14(17-2)16(19-4)15(11-13)18-3/h8-11H,1H2,2-7H3/b9-8+. The van der Waals surface area contributed by atoms with E-state index in [0.29, 0.717) is 17.2 Å². The Hall–Kier alpha value is -1.68. The number of benzene rings is 1. The van der Waals surface area contributed by atoms with E-state index in [0.717, 1.165) is 5.56 Å². The van der Waals surface area contributed by atoms with Crippen LogP contribution >= 0.6 is 0 Å². The normalized spacial score (nSPS) is 11.5. The second-order valence-corrected chi connectivity index (χ2v) is 10.7. The van der Waals surface area contributed by atoms with Crippen molar-refractivity contribution in [1.29, 1.82) is 0 Å². The van der Waals surface area contributed by atoms with Crippen LogP contribution in [0.1, 0.15) is 5.56 Å². The fourth-order valence-electron chi connectivity index (χ4n) is 1.64. The summed E-state index contributed by atoms with van der Waals surface area (Å²) < 4.78 is 16.0. The van der Waals surface area contributed by atoms with Crippen molar-refractivity contribution in [3.8, 4) is 17.2 Å². The lowest BCUT2D eigenvalue weighted by molar-refractivity contribution is 0.324. The molecule has 0 atom stereocenters. The van der Waals surface area contributed by atoms with Crippen molar-refractivity contribution in [2.45, 2.75) is 19.6 Å². The van der Waals surface area contributed by atoms with Crippen LogP contribution in [-0.4, -0.2) is 29.4 Å². The van der Waals surface area contributed by atoms with Crippen molar-refractivity contribution in [2.24, 2.45) is 0 Å². The molecule has 0 aromatic heterocycles. The number of allylic oxidation sites excluding steroid dienone is 2. The summed E-state index contributed by atoms with van der Waals surface area (Å²) in [4.78, 5) is 0. The quantitative estimate of drug-likeness (QED) is 0.582. The van der Waals surface area contributed by atoms with Gasteiger partial charge >= 0.3 is 0 Å². The zero-order chi connectivity index (χ0) is 15.3. The molecule has 0 N–H and O–H groups in total. The van der Waals surface area contributed by atoms with Crippen LogP contribution in [0.15, 0.2) is 30.0 Å². The van der Waals surface area contributed by atoms with Gasteiger partial charge in [0.1, 0.15) is 0 Å². The van der Waals surface area contributed by atoms with E-state index in [2.05, 4.69) is 32.3 Å². The number of hydrogen-bond donors (Lipinski definition) is 0. The Balaban J connectivity index is 3.14. The highest BCUT2D eigenvalue weighted by atomic mass is 28.3. The molecular weight excluding hydrogens is 268 g/mol. The SMILES string of the molecule is C=C(/C=C/c1cc(OC)c(OC)c(OC)c1)[Si](C)(C)C. The summed E-state index contributed by atoms with van der Waals surface area (Å²) in [5, 5.41) is 1.20. The molecule has 0 radical (unpaired) electrons. The number of rotatable bonds is 6. The van der Waals surface area contributed by atoms with E-state index < -0.39 is 8.07 Å². The van der Waals surface area contributed by atoms with Gasteiger partial charge in [-0.05, 0) is 17.7 Å². The summed E-state index contributed by atoms with van der Waals surface area (Å²) in [6.07, 6.45) is 4.11. The van der Waals surface area contributed by atoms with Crippen LogP contribution in [0.25, 0.3) is 6.08 Å². The molecule has 0 heterocycles.